The summed E-state index contributed by atoms with van der Waals surface area (Å²) in [7, 11) is 1.30. The van der Waals surface area contributed by atoms with Gasteiger partial charge in [0, 0.05) is 19.6 Å². The fourth-order valence-corrected chi connectivity index (χ4v) is 2.41. The van der Waals surface area contributed by atoms with Crippen LogP contribution in [-0.4, -0.2) is 38.6 Å². The van der Waals surface area contributed by atoms with Gasteiger partial charge in [-0.15, -0.1) is 0 Å². The van der Waals surface area contributed by atoms with Gasteiger partial charge in [0.1, 0.15) is 13.2 Å². The monoisotopic (exact) mass is 415 g/mol. The van der Waals surface area contributed by atoms with Crippen molar-refractivity contribution in [2.45, 2.75) is 19.6 Å². The third-order valence-corrected chi connectivity index (χ3v) is 3.88. The Hall–Kier alpha value is -3.75. The van der Waals surface area contributed by atoms with E-state index in [2.05, 4.69) is 20.7 Å². The Bertz CT molecular complexity index is 829. The number of rotatable bonds is 9. The predicted molar refractivity (Wildman–Crippen MR) is 109 cm³/mol. The molecule has 0 fully saturated rings. The molecule has 30 heavy (non-hydrogen) atoms. The molecule has 0 saturated heterocycles. The molecule has 0 bridgehead atoms. The Morgan fingerprint density at radius 3 is 1.67 bits per heavy atom. The highest BCUT2D eigenvalue weighted by Crippen LogP contribution is 2.05. The minimum absolute atomic E-state index is 0.0529. The van der Waals surface area contributed by atoms with Crippen molar-refractivity contribution in [3.8, 4) is 0 Å². The molecular weight excluding hydrogens is 390 g/mol. The average Bonchev–Trinajstić information content (AvgIpc) is 2.78. The van der Waals surface area contributed by atoms with E-state index in [0.29, 0.717) is 13.1 Å². The Morgan fingerprint density at radius 1 is 0.667 bits per heavy atom. The highest BCUT2D eigenvalue weighted by Gasteiger charge is 2.06. The van der Waals surface area contributed by atoms with E-state index in [1.165, 1.54) is 7.11 Å². The lowest BCUT2D eigenvalue weighted by atomic mass is 10.1. The second-order valence-electron chi connectivity index (χ2n) is 6.13. The van der Waals surface area contributed by atoms with Crippen molar-refractivity contribution < 1.29 is 28.6 Å². The fourth-order valence-electron chi connectivity index (χ4n) is 2.41. The fraction of sp³-hybridized carbons (Fsp3) is 0.286. The van der Waals surface area contributed by atoms with E-state index in [1.54, 1.807) is 0 Å². The van der Waals surface area contributed by atoms with E-state index in [-0.39, 0.29) is 19.8 Å². The Labute approximate surface area is 174 Å². The number of methoxy groups -OCH3 is 1. The van der Waals surface area contributed by atoms with E-state index in [0.717, 1.165) is 16.7 Å². The first-order valence-electron chi connectivity index (χ1n) is 9.31. The summed E-state index contributed by atoms with van der Waals surface area (Å²) in [5.41, 5.74) is 2.66. The number of alkyl carbamates (subject to hydrolysis) is 3. The SMILES string of the molecule is COC(=O)NCc1cccc(CNC(=O)OCCOC(=O)NCc2ccccc2)c1. The van der Waals surface area contributed by atoms with Crippen molar-refractivity contribution in [3.05, 3.63) is 71.3 Å². The highest BCUT2D eigenvalue weighted by molar-refractivity contribution is 5.68. The summed E-state index contributed by atoms with van der Waals surface area (Å²) >= 11 is 0. The van der Waals surface area contributed by atoms with Crippen LogP contribution in [0.5, 0.6) is 0 Å². The van der Waals surface area contributed by atoms with Crippen LogP contribution in [-0.2, 0) is 33.8 Å². The van der Waals surface area contributed by atoms with Gasteiger partial charge < -0.3 is 30.2 Å². The highest BCUT2D eigenvalue weighted by atomic mass is 16.6. The van der Waals surface area contributed by atoms with Crippen molar-refractivity contribution in [2.75, 3.05) is 20.3 Å². The molecule has 2 aromatic rings. The molecule has 0 saturated carbocycles. The van der Waals surface area contributed by atoms with E-state index in [4.69, 9.17) is 9.47 Å². The molecule has 0 heterocycles. The topological polar surface area (TPSA) is 115 Å². The third kappa shape index (κ3) is 8.96. The largest absolute Gasteiger partial charge is 0.453 e. The number of carbonyl (C=O) groups excluding carboxylic acids is 3. The van der Waals surface area contributed by atoms with Gasteiger partial charge >= 0.3 is 18.3 Å². The van der Waals surface area contributed by atoms with Crippen LogP contribution in [0, 0.1) is 0 Å². The van der Waals surface area contributed by atoms with Gasteiger partial charge in [-0.25, -0.2) is 14.4 Å². The van der Waals surface area contributed by atoms with E-state index < -0.39 is 18.3 Å². The number of nitrogens with one attached hydrogen (secondary N) is 3. The van der Waals surface area contributed by atoms with Crippen molar-refractivity contribution >= 4 is 18.3 Å². The lowest BCUT2D eigenvalue weighted by Gasteiger charge is -2.10. The normalized spacial score (nSPS) is 9.90. The summed E-state index contributed by atoms with van der Waals surface area (Å²) in [6.45, 7) is 0.809. The van der Waals surface area contributed by atoms with Gasteiger partial charge in [-0.2, -0.15) is 0 Å². The first kappa shape index (κ1) is 22.5. The second kappa shape index (κ2) is 12.7. The molecule has 3 N–H and O–H groups in total. The zero-order valence-corrected chi connectivity index (χ0v) is 16.7. The maximum atomic E-state index is 11.7. The van der Waals surface area contributed by atoms with Gasteiger partial charge in [0.2, 0.25) is 0 Å². The lowest BCUT2D eigenvalue weighted by Crippen LogP contribution is -2.28. The molecule has 0 spiro atoms. The first-order valence-corrected chi connectivity index (χ1v) is 9.31. The lowest BCUT2D eigenvalue weighted by molar-refractivity contribution is 0.0952. The molecule has 0 radical (unpaired) electrons. The van der Waals surface area contributed by atoms with Gasteiger partial charge in [-0.1, -0.05) is 54.6 Å². The molecule has 0 aliphatic carbocycles. The summed E-state index contributed by atoms with van der Waals surface area (Å²) in [5, 5.41) is 7.80. The summed E-state index contributed by atoms with van der Waals surface area (Å²) < 4.78 is 14.4. The zero-order chi connectivity index (χ0) is 21.6. The van der Waals surface area contributed by atoms with Crippen molar-refractivity contribution in [3.63, 3.8) is 0 Å². The molecule has 2 aromatic carbocycles. The zero-order valence-electron chi connectivity index (χ0n) is 16.7. The minimum atomic E-state index is -0.624. The first-order chi connectivity index (χ1) is 14.6. The van der Waals surface area contributed by atoms with Crippen LogP contribution in [0.1, 0.15) is 16.7 Å². The Kier molecular flexibility index (Phi) is 9.51. The number of amides is 3. The van der Waals surface area contributed by atoms with Crippen molar-refractivity contribution in [1.29, 1.82) is 0 Å². The number of benzene rings is 2. The van der Waals surface area contributed by atoms with Gasteiger partial charge in [-0.3, -0.25) is 0 Å². The van der Waals surface area contributed by atoms with Crippen LogP contribution in [0.2, 0.25) is 0 Å². The summed E-state index contributed by atoms with van der Waals surface area (Å²) in [6.07, 6.45) is -1.72. The van der Waals surface area contributed by atoms with Gasteiger partial charge in [-0.05, 0) is 16.7 Å². The molecule has 0 atom stereocenters. The van der Waals surface area contributed by atoms with Crippen LogP contribution in [0.15, 0.2) is 54.6 Å². The summed E-state index contributed by atoms with van der Waals surface area (Å²) in [5.74, 6) is 0. The van der Waals surface area contributed by atoms with Crippen LogP contribution in [0.4, 0.5) is 14.4 Å². The van der Waals surface area contributed by atoms with Crippen LogP contribution in [0.3, 0.4) is 0 Å². The summed E-state index contributed by atoms with van der Waals surface area (Å²) in [6, 6.07) is 16.8. The maximum Gasteiger partial charge on any atom is 0.407 e. The Morgan fingerprint density at radius 2 is 1.13 bits per heavy atom. The molecule has 9 heteroatoms. The number of carbonyl (C=O) groups is 3. The van der Waals surface area contributed by atoms with Crippen LogP contribution in [0.25, 0.3) is 0 Å². The number of hydrogen-bond acceptors (Lipinski definition) is 6. The quantitative estimate of drug-likeness (QED) is 0.428. The molecule has 0 aromatic heterocycles. The molecule has 3 amide bonds. The molecule has 9 nitrogen and oxygen atoms in total. The second-order valence-corrected chi connectivity index (χ2v) is 6.13. The van der Waals surface area contributed by atoms with Crippen LogP contribution < -0.4 is 16.0 Å². The van der Waals surface area contributed by atoms with E-state index in [9.17, 15) is 14.4 Å². The third-order valence-electron chi connectivity index (χ3n) is 3.88. The standard InChI is InChI=1S/C21H25N3O6/c1-28-19(25)22-14-17-8-5-9-18(12-17)15-24-21(27)30-11-10-29-20(26)23-13-16-6-3-2-4-7-16/h2-9,12H,10-11,13-15H2,1H3,(H,22,25)(H,23,26)(H,24,27). The number of ether oxygens (including phenoxy) is 3. The van der Waals surface area contributed by atoms with E-state index in [1.807, 2.05) is 54.6 Å². The summed E-state index contributed by atoms with van der Waals surface area (Å²) in [4.78, 5) is 34.5. The molecule has 0 aliphatic rings. The molecule has 0 unspecified atom stereocenters. The van der Waals surface area contributed by atoms with Gasteiger partial charge in [0.15, 0.2) is 0 Å². The predicted octanol–water partition coefficient (Wildman–Crippen LogP) is 2.70. The van der Waals surface area contributed by atoms with Gasteiger partial charge in [0.25, 0.3) is 0 Å². The molecule has 160 valence electrons. The van der Waals surface area contributed by atoms with Crippen molar-refractivity contribution in [1.82, 2.24) is 16.0 Å². The minimum Gasteiger partial charge on any atom is -0.453 e. The van der Waals surface area contributed by atoms with Crippen molar-refractivity contribution in [2.24, 2.45) is 0 Å². The number of hydrogen-bond donors (Lipinski definition) is 3. The molecule has 2 rings (SSSR count). The Balaban J connectivity index is 1.58. The molecular formula is C21H25N3O6. The van der Waals surface area contributed by atoms with Gasteiger partial charge in [0.05, 0.1) is 7.11 Å². The average molecular weight is 415 g/mol. The smallest absolute Gasteiger partial charge is 0.407 e. The van der Waals surface area contributed by atoms with Crippen LogP contribution >= 0.6 is 0 Å². The molecule has 0 aliphatic heterocycles. The maximum absolute atomic E-state index is 11.7. The van der Waals surface area contributed by atoms with E-state index >= 15 is 0 Å².